The number of benzene rings is 1. The molecule has 0 bridgehead atoms. The van der Waals surface area contributed by atoms with E-state index in [-0.39, 0.29) is 0 Å². The number of hydrogen-bond acceptors (Lipinski definition) is 2. The average molecular weight is 304 g/mol. The minimum Gasteiger partial charge on any atom is -0.370 e. The number of carbonyl (C=O) groups is 1. The van der Waals surface area contributed by atoms with E-state index in [9.17, 15) is 4.79 Å². The molecule has 0 fully saturated rings. The van der Waals surface area contributed by atoms with Crippen molar-refractivity contribution in [3.8, 4) is 0 Å². The first kappa shape index (κ1) is 18.0. The number of guanidine groups is 1. The molecule has 0 aromatic heterocycles. The van der Waals surface area contributed by atoms with E-state index in [1.165, 1.54) is 32.1 Å². The van der Waals surface area contributed by atoms with Gasteiger partial charge in [-0.3, -0.25) is 4.79 Å². The molecule has 1 rings (SSSR count). The summed E-state index contributed by atoms with van der Waals surface area (Å²) in [6.07, 6.45) is 7.52. The third-order valence-electron chi connectivity index (χ3n) is 3.48. The van der Waals surface area contributed by atoms with Gasteiger partial charge < -0.3 is 16.8 Å². The van der Waals surface area contributed by atoms with Crippen LogP contribution in [0.5, 0.6) is 0 Å². The molecule has 1 aromatic carbocycles. The second kappa shape index (κ2) is 10.7. The Hall–Kier alpha value is -2.04. The van der Waals surface area contributed by atoms with Gasteiger partial charge in [-0.25, -0.2) is 4.99 Å². The molecule has 0 aliphatic carbocycles. The van der Waals surface area contributed by atoms with Crippen LogP contribution in [0, 0.1) is 0 Å². The molecule has 1 amide bonds. The number of primary amides is 1. The zero-order valence-corrected chi connectivity index (χ0v) is 13.5. The predicted octanol–water partition coefficient (Wildman–Crippen LogP) is 2.55. The summed E-state index contributed by atoms with van der Waals surface area (Å²) in [7, 11) is 0. The van der Waals surface area contributed by atoms with Crippen molar-refractivity contribution in [1.82, 2.24) is 5.32 Å². The zero-order valence-electron chi connectivity index (χ0n) is 13.5. The lowest BCUT2D eigenvalue weighted by Crippen LogP contribution is -2.32. The molecule has 0 saturated heterocycles. The van der Waals surface area contributed by atoms with Crippen LogP contribution in [-0.2, 0) is 6.54 Å². The average Bonchev–Trinajstić information content (AvgIpc) is 2.52. The first-order chi connectivity index (χ1) is 10.6. The number of aliphatic imine (C=N–C) groups is 1. The minimum atomic E-state index is -0.431. The van der Waals surface area contributed by atoms with Crippen LogP contribution in [0.2, 0.25) is 0 Å². The second-order valence-corrected chi connectivity index (χ2v) is 5.46. The molecular formula is C17H28N4O. The molecule has 5 heteroatoms. The molecule has 0 aliphatic heterocycles. The molecule has 122 valence electrons. The molecular weight excluding hydrogens is 276 g/mol. The Labute approximate surface area is 133 Å². The van der Waals surface area contributed by atoms with Crippen molar-refractivity contribution in [2.75, 3.05) is 6.54 Å². The number of nitrogens with one attached hydrogen (secondary N) is 1. The van der Waals surface area contributed by atoms with Gasteiger partial charge in [-0.2, -0.15) is 0 Å². The number of hydrogen-bond donors (Lipinski definition) is 3. The summed E-state index contributed by atoms with van der Waals surface area (Å²) in [4.78, 5) is 15.4. The number of nitrogens with two attached hydrogens (primary N) is 2. The second-order valence-electron chi connectivity index (χ2n) is 5.46. The van der Waals surface area contributed by atoms with Gasteiger partial charge in [-0.1, -0.05) is 51.2 Å². The maximum atomic E-state index is 11.1. The first-order valence-electron chi connectivity index (χ1n) is 8.06. The maximum Gasteiger partial charge on any atom is 0.248 e. The van der Waals surface area contributed by atoms with Gasteiger partial charge in [0.25, 0.3) is 0 Å². The number of rotatable bonds is 10. The monoisotopic (exact) mass is 304 g/mol. The van der Waals surface area contributed by atoms with Crippen LogP contribution in [0.25, 0.3) is 0 Å². The summed E-state index contributed by atoms with van der Waals surface area (Å²) in [5.41, 5.74) is 12.5. The largest absolute Gasteiger partial charge is 0.370 e. The topological polar surface area (TPSA) is 93.5 Å². The molecule has 0 aliphatic rings. The lowest BCUT2D eigenvalue weighted by molar-refractivity contribution is 0.1000. The van der Waals surface area contributed by atoms with E-state index in [1.807, 2.05) is 6.07 Å². The molecule has 0 radical (unpaired) electrons. The highest BCUT2D eigenvalue weighted by molar-refractivity contribution is 5.92. The molecule has 1 aromatic rings. The quantitative estimate of drug-likeness (QED) is 0.352. The van der Waals surface area contributed by atoms with Gasteiger partial charge in [0.05, 0.1) is 6.54 Å². The molecule has 0 unspecified atom stereocenters. The lowest BCUT2D eigenvalue weighted by Gasteiger charge is -2.06. The van der Waals surface area contributed by atoms with Gasteiger partial charge in [-0.05, 0) is 24.1 Å². The van der Waals surface area contributed by atoms with E-state index in [0.717, 1.165) is 18.5 Å². The molecule has 0 atom stereocenters. The fourth-order valence-electron chi connectivity index (χ4n) is 2.18. The smallest absolute Gasteiger partial charge is 0.248 e. The predicted molar refractivity (Wildman–Crippen MR) is 91.7 cm³/mol. The highest BCUT2D eigenvalue weighted by Crippen LogP contribution is 2.06. The van der Waals surface area contributed by atoms with Crippen LogP contribution >= 0.6 is 0 Å². The van der Waals surface area contributed by atoms with Crippen molar-refractivity contribution < 1.29 is 4.79 Å². The molecule has 0 spiro atoms. The zero-order chi connectivity index (χ0) is 16.2. The molecule has 5 nitrogen and oxygen atoms in total. The Morgan fingerprint density at radius 2 is 1.86 bits per heavy atom. The van der Waals surface area contributed by atoms with E-state index in [2.05, 4.69) is 17.2 Å². The Kier molecular flexibility index (Phi) is 8.72. The number of amides is 1. The van der Waals surface area contributed by atoms with Crippen molar-refractivity contribution in [2.45, 2.75) is 52.0 Å². The van der Waals surface area contributed by atoms with Crippen molar-refractivity contribution >= 4 is 11.9 Å². The number of carbonyl (C=O) groups excluding carboxylic acids is 1. The van der Waals surface area contributed by atoms with Crippen LogP contribution in [0.3, 0.4) is 0 Å². The van der Waals surface area contributed by atoms with Gasteiger partial charge >= 0.3 is 0 Å². The third kappa shape index (κ3) is 7.67. The van der Waals surface area contributed by atoms with Crippen molar-refractivity contribution in [3.63, 3.8) is 0 Å². The van der Waals surface area contributed by atoms with Gasteiger partial charge in [0.1, 0.15) is 0 Å². The fraction of sp³-hybridized carbons (Fsp3) is 0.529. The van der Waals surface area contributed by atoms with Crippen LogP contribution in [0.15, 0.2) is 29.3 Å². The Morgan fingerprint density at radius 1 is 1.14 bits per heavy atom. The van der Waals surface area contributed by atoms with Crippen LogP contribution in [-0.4, -0.2) is 18.4 Å². The van der Waals surface area contributed by atoms with Crippen molar-refractivity contribution in [1.29, 1.82) is 0 Å². The van der Waals surface area contributed by atoms with Crippen LogP contribution < -0.4 is 16.8 Å². The van der Waals surface area contributed by atoms with Gasteiger partial charge in [0.15, 0.2) is 5.96 Å². The van der Waals surface area contributed by atoms with Gasteiger partial charge in [0, 0.05) is 12.1 Å². The maximum absolute atomic E-state index is 11.1. The van der Waals surface area contributed by atoms with Crippen molar-refractivity contribution in [2.24, 2.45) is 16.5 Å². The fourth-order valence-corrected chi connectivity index (χ4v) is 2.18. The minimum absolute atomic E-state index is 0.431. The number of unbranched alkanes of at least 4 members (excludes halogenated alkanes) is 5. The summed E-state index contributed by atoms with van der Waals surface area (Å²) < 4.78 is 0. The molecule has 22 heavy (non-hydrogen) atoms. The Balaban J connectivity index is 2.25. The summed E-state index contributed by atoms with van der Waals surface area (Å²) >= 11 is 0. The van der Waals surface area contributed by atoms with E-state index in [4.69, 9.17) is 11.5 Å². The molecule has 0 saturated carbocycles. The van der Waals surface area contributed by atoms with Crippen LogP contribution in [0.4, 0.5) is 0 Å². The Bertz CT molecular complexity index is 485. The summed E-state index contributed by atoms with van der Waals surface area (Å²) in [6, 6.07) is 7.13. The van der Waals surface area contributed by atoms with E-state index < -0.39 is 5.91 Å². The SMILES string of the molecule is CCCCCCCCNC(N)=NCc1cccc(C(N)=O)c1. The Morgan fingerprint density at radius 3 is 2.59 bits per heavy atom. The van der Waals surface area contributed by atoms with E-state index >= 15 is 0 Å². The van der Waals surface area contributed by atoms with E-state index in [0.29, 0.717) is 18.1 Å². The van der Waals surface area contributed by atoms with E-state index in [1.54, 1.807) is 18.2 Å². The van der Waals surface area contributed by atoms with Crippen molar-refractivity contribution in [3.05, 3.63) is 35.4 Å². The van der Waals surface area contributed by atoms with Crippen LogP contribution in [0.1, 0.15) is 61.4 Å². The molecule has 0 heterocycles. The van der Waals surface area contributed by atoms with Gasteiger partial charge in [0.2, 0.25) is 5.91 Å². The molecule has 5 N–H and O–H groups in total. The lowest BCUT2D eigenvalue weighted by atomic mass is 10.1. The number of nitrogens with zero attached hydrogens (tertiary/aromatic N) is 1. The first-order valence-corrected chi connectivity index (χ1v) is 8.06. The summed E-state index contributed by atoms with van der Waals surface area (Å²) in [5.74, 6) is 0.0121. The standard InChI is InChI=1S/C17H28N4O/c1-2-3-4-5-6-7-11-20-17(19)21-13-14-9-8-10-15(12-14)16(18)22/h8-10,12H,2-7,11,13H2,1H3,(H2,18,22)(H3,19,20,21). The van der Waals surface area contributed by atoms with Gasteiger partial charge in [-0.15, -0.1) is 0 Å². The normalized spacial score (nSPS) is 11.4. The summed E-state index contributed by atoms with van der Waals surface area (Å²) in [6.45, 7) is 3.51. The summed E-state index contributed by atoms with van der Waals surface area (Å²) in [5, 5.41) is 3.12. The third-order valence-corrected chi connectivity index (χ3v) is 3.48. The highest BCUT2D eigenvalue weighted by Gasteiger charge is 2.01. The highest BCUT2D eigenvalue weighted by atomic mass is 16.1.